The average molecular weight is 550 g/mol. The van der Waals surface area contributed by atoms with Gasteiger partial charge in [-0.25, -0.2) is 10.2 Å². The van der Waals surface area contributed by atoms with Crippen LogP contribution >= 0.6 is 0 Å². The maximum Gasteiger partial charge on any atom is 0.343 e. The van der Waals surface area contributed by atoms with E-state index in [1.165, 1.54) is 6.21 Å². The SMILES string of the molecule is COc1ccc(C(=O)Oc2ccccc2C=NNC(=O)c2[nH]c3c(OC)ccc(OC)c3c2-c2ccccc2)cc1. The smallest absolute Gasteiger partial charge is 0.343 e. The molecule has 0 unspecified atom stereocenters. The van der Waals surface area contributed by atoms with Gasteiger partial charge in [-0.1, -0.05) is 42.5 Å². The van der Waals surface area contributed by atoms with Crippen LogP contribution in [0, 0.1) is 0 Å². The van der Waals surface area contributed by atoms with Crippen LogP contribution in [0.1, 0.15) is 26.4 Å². The third-order valence-corrected chi connectivity index (χ3v) is 6.43. The Kier molecular flexibility index (Phi) is 7.96. The van der Waals surface area contributed by atoms with E-state index in [0.717, 1.165) is 5.56 Å². The molecule has 1 aromatic heterocycles. The minimum atomic E-state index is -0.536. The van der Waals surface area contributed by atoms with Crippen LogP contribution in [0.15, 0.2) is 96.1 Å². The Morgan fingerprint density at radius 1 is 0.756 bits per heavy atom. The van der Waals surface area contributed by atoms with Crippen LogP contribution in [0.4, 0.5) is 0 Å². The number of nitrogens with zero attached hydrogens (tertiary/aromatic N) is 1. The molecule has 2 N–H and O–H groups in total. The lowest BCUT2D eigenvalue weighted by molar-refractivity contribution is 0.0734. The lowest BCUT2D eigenvalue weighted by Gasteiger charge is -2.09. The number of ether oxygens (including phenoxy) is 4. The van der Waals surface area contributed by atoms with E-state index in [0.29, 0.717) is 44.8 Å². The Hall–Kier alpha value is -5.57. The topological polar surface area (TPSA) is 111 Å². The van der Waals surface area contributed by atoms with Crippen molar-refractivity contribution in [2.45, 2.75) is 0 Å². The average Bonchev–Trinajstić information content (AvgIpc) is 3.43. The van der Waals surface area contributed by atoms with Crippen LogP contribution in [-0.4, -0.2) is 44.4 Å². The highest BCUT2D eigenvalue weighted by Crippen LogP contribution is 2.42. The van der Waals surface area contributed by atoms with Crippen molar-refractivity contribution in [3.8, 4) is 34.1 Å². The van der Waals surface area contributed by atoms with Gasteiger partial charge in [-0.15, -0.1) is 0 Å². The fraction of sp³-hybridized carbons (Fsp3) is 0.0938. The summed E-state index contributed by atoms with van der Waals surface area (Å²) in [5, 5.41) is 4.87. The molecule has 5 rings (SSSR count). The first-order valence-corrected chi connectivity index (χ1v) is 12.6. The zero-order valence-corrected chi connectivity index (χ0v) is 22.6. The molecule has 9 nitrogen and oxygen atoms in total. The number of H-pyrrole nitrogens is 1. The van der Waals surface area contributed by atoms with Gasteiger partial charge in [-0.05, 0) is 54.1 Å². The summed E-state index contributed by atoms with van der Waals surface area (Å²) in [6, 6.07) is 26.6. The van der Waals surface area contributed by atoms with Crippen LogP contribution in [0.2, 0.25) is 0 Å². The molecule has 1 amide bonds. The second-order valence-corrected chi connectivity index (χ2v) is 8.82. The molecule has 0 bridgehead atoms. The quantitative estimate of drug-likeness (QED) is 0.103. The number of rotatable bonds is 9. The molecule has 9 heteroatoms. The van der Waals surface area contributed by atoms with E-state index < -0.39 is 11.9 Å². The molecule has 0 saturated carbocycles. The molecule has 0 fully saturated rings. The van der Waals surface area contributed by atoms with Gasteiger partial charge < -0.3 is 23.9 Å². The van der Waals surface area contributed by atoms with Gasteiger partial charge >= 0.3 is 5.97 Å². The number of hydrogen-bond acceptors (Lipinski definition) is 7. The summed E-state index contributed by atoms with van der Waals surface area (Å²) < 4.78 is 21.9. The molecular formula is C32H27N3O6. The first-order chi connectivity index (χ1) is 20.0. The van der Waals surface area contributed by atoms with Crippen molar-refractivity contribution in [2.24, 2.45) is 5.10 Å². The summed E-state index contributed by atoms with van der Waals surface area (Å²) in [6.45, 7) is 0. The second-order valence-electron chi connectivity index (χ2n) is 8.82. The van der Waals surface area contributed by atoms with Crippen LogP contribution in [0.3, 0.4) is 0 Å². The number of nitrogens with one attached hydrogen (secondary N) is 2. The summed E-state index contributed by atoms with van der Waals surface area (Å²) in [6.07, 6.45) is 1.42. The van der Waals surface area contributed by atoms with Crippen LogP contribution in [0.5, 0.6) is 23.0 Å². The highest BCUT2D eigenvalue weighted by Gasteiger charge is 2.24. The predicted octanol–water partition coefficient (Wildman–Crippen LogP) is 5.84. The molecule has 0 atom stereocenters. The lowest BCUT2D eigenvalue weighted by Crippen LogP contribution is -2.19. The summed E-state index contributed by atoms with van der Waals surface area (Å²) in [7, 11) is 4.69. The number of carbonyl (C=O) groups excluding carboxylic acids is 2. The van der Waals surface area contributed by atoms with Gasteiger partial charge in [0, 0.05) is 11.1 Å². The number of benzene rings is 4. The molecule has 0 aliphatic rings. The summed E-state index contributed by atoms with van der Waals surface area (Å²) in [4.78, 5) is 29.4. The highest BCUT2D eigenvalue weighted by molar-refractivity contribution is 6.13. The number of hydrogen-bond donors (Lipinski definition) is 2. The number of fused-ring (bicyclic) bond motifs is 1. The maximum absolute atomic E-state index is 13.5. The zero-order valence-electron chi connectivity index (χ0n) is 22.6. The summed E-state index contributed by atoms with van der Waals surface area (Å²) in [5.41, 5.74) is 5.81. The van der Waals surface area contributed by atoms with Crippen molar-refractivity contribution in [1.82, 2.24) is 10.4 Å². The number of aromatic nitrogens is 1. The number of para-hydroxylation sites is 1. The Bertz CT molecular complexity index is 1730. The molecule has 206 valence electrons. The normalized spacial score (nSPS) is 10.9. The minimum absolute atomic E-state index is 0.283. The lowest BCUT2D eigenvalue weighted by atomic mass is 10.0. The summed E-state index contributed by atoms with van der Waals surface area (Å²) in [5.74, 6) is 1.06. The molecule has 5 aromatic rings. The van der Waals surface area contributed by atoms with Gasteiger partial charge in [0.15, 0.2) is 0 Å². The van der Waals surface area contributed by atoms with Crippen LogP contribution < -0.4 is 24.4 Å². The maximum atomic E-state index is 13.5. The molecule has 0 aliphatic heterocycles. The van der Waals surface area contributed by atoms with E-state index in [-0.39, 0.29) is 11.4 Å². The molecule has 0 saturated heterocycles. The molecule has 41 heavy (non-hydrogen) atoms. The molecular weight excluding hydrogens is 522 g/mol. The Morgan fingerprint density at radius 2 is 1.44 bits per heavy atom. The number of esters is 1. The van der Waals surface area contributed by atoms with Gasteiger partial charge in [-0.2, -0.15) is 5.10 Å². The highest BCUT2D eigenvalue weighted by atomic mass is 16.5. The van der Waals surface area contributed by atoms with Crippen molar-refractivity contribution < 1.29 is 28.5 Å². The minimum Gasteiger partial charge on any atom is -0.497 e. The van der Waals surface area contributed by atoms with Crippen molar-refractivity contribution in [3.05, 3.63) is 108 Å². The Balaban J connectivity index is 1.43. The number of hydrazone groups is 1. The molecule has 0 aliphatic carbocycles. The Labute approximate surface area is 236 Å². The fourth-order valence-electron chi connectivity index (χ4n) is 4.44. The van der Waals surface area contributed by atoms with Crippen molar-refractivity contribution >= 4 is 29.0 Å². The third-order valence-electron chi connectivity index (χ3n) is 6.43. The van der Waals surface area contributed by atoms with Crippen molar-refractivity contribution in [3.63, 3.8) is 0 Å². The van der Waals surface area contributed by atoms with E-state index in [2.05, 4.69) is 15.5 Å². The van der Waals surface area contributed by atoms with E-state index >= 15 is 0 Å². The monoisotopic (exact) mass is 549 g/mol. The standard InChI is InChI=1S/C32H27N3O6/c1-38-23-15-13-21(14-16-23)32(37)41-24-12-8-7-11-22(24)19-33-35-31(36)30-27(20-9-5-4-6-10-20)28-25(39-2)17-18-26(40-3)29(28)34-30/h4-19,34H,1-3H3,(H,35,36). The van der Waals surface area contributed by atoms with E-state index in [9.17, 15) is 9.59 Å². The van der Waals surface area contributed by atoms with Gasteiger partial charge in [0.05, 0.1) is 44.0 Å². The number of carbonyl (C=O) groups is 2. The molecule has 4 aromatic carbocycles. The Morgan fingerprint density at radius 3 is 2.15 bits per heavy atom. The third kappa shape index (κ3) is 5.60. The molecule has 0 spiro atoms. The number of methoxy groups -OCH3 is 3. The van der Waals surface area contributed by atoms with E-state index in [4.69, 9.17) is 18.9 Å². The predicted molar refractivity (Wildman–Crippen MR) is 156 cm³/mol. The van der Waals surface area contributed by atoms with Gasteiger partial charge in [0.2, 0.25) is 0 Å². The van der Waals surface area contributed by atoms with Gasteiger partial charge in [0.1, 0.15) is 28.7 Å². The first kappa shape index (κ1) is 27.0. The number of amides is 1. The largest absolute Gasteiger partial charge is 0.497 e. The van der Waals surface area contributed by atoms with E-state index in [1.54, 1.807) is 82.0 Å². The zero-order chi connectivity index (χ0) is 28.8. The van der Waals surface area contributed by atoms with Crippen molar-refractivity contribution in [1.29, 1.82) is 0 Å². The number of aromatic amines is 1. The molecule has 0 radical (unpaired) electrons. The fourth-order valence-corrected chi connectivity index (χ4v) is 4.44. The van der Waals surface area contributed by atoms with Crippen LogP contribution in [-0.2, 0) is 0 Å². The van der Waals surface area contributed by atoms with Crippen LogP contribution in [0.25, 0.3) is 22.0 Å². The van der Waals surface area contributed by atoms with Gasteiger partial charge in [-0.3, -0.25) is 4.79 Å². The summed E-state index contributed by atoms with van der Waals surface area (Å²) >= 11 is 0. The van der Waals surface area contributed by atoms with Crippen molar-refractivity contribution in [2.75, 3.05) is 21.3 Å². The second kappa shape index (κ2) is 12.1. The molecule has 1 heterocycles. The first-order valence-electron chi connectivity index (χ1n) is 12.6. The van der Waals surface area contributed by atoms with Gasteiger partial charge in [0.25, 0.3) is 5.91 Å². The van der Waals surface area contributed by atoms with E-state index in [1.807, 2.05) is 30.3 Å².